The van der Waals surface area contributed by atoms with Crippen LogP contribution in [0.3, 0.4) is 0 Å². The number of hydrogen-bond donors (Lipinski definition) is 2. The lowest BCUT2D eigenvalue weighted by atomic mass is 10.1. The molecule has 5 rings (SSSR count). The van der Waals surface area contributed by atoms with Crippen LogP contribution >= 0.6 is 15.9 Å². The fraction of sp³-hybridized carbons (Fsp3) is 0.261. The summed E-state index contributed by atoms with van der Waals surface area (Å²) in [5.41, 5.74) is 8.12. The summed E-state index contributed by atoms with van der Waals surface area (Å²) in [4.78, 5) is 35.3. The molecule has 1 fully saturated rings. The van der Waals surface area contributed by atoms with Crippen molar-refractivity contribution in [2.24, 2.45) is 0 Å². The second-order valence-corrected chi connectivity index (χ2v) is 8.65. The predicted octanol–water partition coefficient (Wildman–Crippen LogP) is 3.60. The number of anilines is 2. The molecule has 1 aliphatic rings. The number of rotatable bonds is 3. The van der Waals surface area contributed by atoms with Gasteiger partial charge >= 0.3 is 6.01 Å². The largest absolute Gasteiger partial charge is 0.423 e. The number of carbonyl (C=O) groups excluding carboxylic acids is 2. The van der Waals surface area contributed by atoms with Gasteiger partial charge in [-0.1, -0.05) is 15.9 Å². The summed E-state index contributed by atoms with van der Waals surface area (Å²) in [6, 6.07) is 7.17. The Morgan fingerprint density at radius 2 is 2.09 bits per heavy atom. The number of hydrogen-bond acceptors (Lipinski definition) is 7. The summed E-state index contributed by atoms with van der Waals surface area (Å²) < 4.78 is 8.27. The molecule has 10 nitrogen and oxygen atoms in total. The van der Waals surface area contributed by atoms with Crippen LogP contribution < -0.4 is 11.1 Å². The lowest BCUT2D eigenvalue weighted by Gasteiger charge is -2.32. The first-order valence-corrected chi connectivity index (χ1v) is 11.3. The van der Waals surface area contributed by atoms with Gasteiger partial charge in [-0.25, -0.2) is 4.98 Å². The van der Waals surface area contributed by atoms with Crippen LogP contribution in [-0.4, -0.2) is 49.6 Å². The predicted molar refractivity (Wildman–Crippen MR) is 132 cm³/mol. The Hall–Kier alpha value is -3.91. The zero-order valence-electron chi connectivity index (χ0n) is 18.4. The highest BCUT2D eigenvalue weighted by Gasteiger charge is 2.28. The van der Waals surface area contributed by atoms with E-state index in [0.717, 1.165) is 23.9 Å². The number of terminal acetylenes is 1. The van der Waals surface area contributed by atoms with E-state index in [0.29, 0.717) is 28.5 Å². The van der Waals surface area contributed by atoms with Crippen LogP contribution in [0.15, 0.2) is 39.4 Å². The van der Waals surface area contributed by atoms with E-state index in [1.165, 1.54) is 0 Å². The molecular weight excluding hydrogens is 502 g/mol. The fourth-order valence-corrected chi connectivity index (χ4v) is 4.44. The summed E-state index contributed by atoms with van der Waals surface area (Å²) in [5, 5.41) is 7.74. The number of carbonyl (C=O) groups is 2. The van der Waals surface area contributed by atoms with Crippen molar-refractivity contribution in [3.05, 3.63) is 40.6 Å². The first kappa shape index (κ1) is 23.3. The molecule has 3 aromatic heterocycles. The highest BCUT2D eigenvalue weighted by atomic mass is 79.9. The van der Waals surface area contributed by atoms with Gasteiger partial charge in [0.2, 0.25) is 5.91 Å². The fourth-order valence-electron chi connectivity index (χ4n) is 4.10. The van der Waals surface area contributed by atoms with Gasteiger partial charge in [0.05, 0.1) is 16.9 Å². The van der Waals surface area contributed by atoms with Crippen molar-refractivity contribution in [2.45, 2.75) is 25.8 Å². The van der Waals surface area contributed by atoms with Crippen LogP contribution in [0.25, 0.3) is 22.0 Å². The van der Waals surface area contributed by atoms with Gasteiger partial charge < -0.3 is 15.1 Å². The highest BCUT2D eigenvalue weighted by Crippen LogP contribution is 2.30. The van der Waals surface area contributed by atoms with Crippen molar-refractivity contribution in [3.8, 4) is 12.8 Å². The number of nitrogens with one attached hydrogen (secondary N) is 1. The average molecular weight is 524 g/mol. The first-order valence-electron chi connectivity index (χ1n) is 10.5. The molecule has 34 heavy (non-hydrogen) atoms. The number of nitrogen functional groups attached to an aromatic ring is 1. The first-order chi connectivity index (χ1) is 16.4. The molecule has 1 aromatic carbocycles. The maximum Gasteiger partial charge on any atom is 0.302 e. The minimum Gasteiger partial charge on any atom is -0.423 e. The number of pyridine rings is 1. The normalized spacial score (nSPS) is 15.6. The molecule has 3 N–H and O–H groups in total. The Kier molecular flexibility index (Phi) is 6.51. The number of fused-ring (bicyclic) bond motifs is 2. The van der Waals surface area contributed by atoms with E-state index in [1.54, 1.807) is 40.9 Å². The van der Waals surface area contributed by atoms with Crippen LogP contribution in [-0.2, 0) is 4.79 Å². The van der Waals surface area contributed by atoms with Crippen molar-refractivity contribution >= 4 is 61.6 Å². The van der Waals surface area contributed by atoms with E-state index in [4.69, 9.17) is 10.2 Å². The summed E-state index contributed by atoms with van der Waals surface area (Å²) in [6.45, 7) is 2.80. The molecule has 0 saturated carbocycles. The van der Waals surface area contributed by atoms with Gasteiger partial charge in [-0.15, -0.1) is 12.8 Å². The van der Waals surface area contributed by atoms with E-state index < -0.39 is 5.91 Å². The molecular formula is C23H22BrN7O3. The molecule has 2 amide bonds. The zero-order chi connectivity index (χ0) is 24.4. The topological polar surface area (TPSA) is 132 Å². The summed E-state index contributed by atoms with van der Waals surface area (Å²) in [7, 11) is 0. The molecule has 1 aliphatic heterocycles. The van der Waals surface area contributed by atoms with E-state index in [-0.39, 0.29) is 29.5 Å². The minimum atomic E-state index is -0.502. The molecule has 4 heterocycles. The third kappa shape index (κ3) is 4.32. The smallest absolute Gasteiger partial charge is 0.302 e. The summed E-state index contributed by atoms with van der Waals surface area (Å²) >= 11 is 3.38. The Morgan fingerprint density at radius 1 is 1.29 bits per heavy atom. The SMILES string of the molecule is C#C.CC(=O)N1CCCC(n2nc(C(=O)Nc3nc4ccc(Br)cc4o3)c3c(N)nccc32)C1. The molecule has 0 spiro atoms. The number of nitrogens with zero attached hydrogens (tertiary/aromatic N) is 5. The van der Waals surface area contributed by atoms with Gasteiger partial charge in [-0.05, 0) is 37.1 Å². The van der Waals surface area contributed by atoms with Gasteiger partial charge in [0.15, 0.2) is 11.3 Å². The molecule has 0 bridgehead atoms. The van der Waals surface area contributed by atoms with Gasteiger partial charge in [-0.3, -0.25) is 19.6 Å². The van der Waals surface area contributed by atoms with Crippen LogP contribution in [0.5, 0.6) is 0 Å². The van der Waals surface area contributed by atoms with Crippen molar-refractivity contribution in [1.29, 1.82) is 0 Å². The molecule has 1 atom stereocenters. The maximum absolute atomic E-state index is 13.1. The van der Waals surface area contributed by atoms with Crippen LogP contribution in [0.2, 0.25) is 0 Å². The monoisotopic (exact) mass is 523 g/mol. The molecule has 11 heteroatoms. The van der Waals surface area contributed by atoms with Gasteiger partial charge in [0.25, 0.3) is 5.91 Å². The second kappa shape index (κ2) is 9.52. The molecule has 1 unspecified atom stereocenters. The Bertz CT molecular complexity index is 1410. The number of aromatic nitrogens is 4. The third-order valence-corrected chi connectivity index (χ3v) is 6.12. The summed E-state index contributed by atoms with van der Waals surface area (Å²) in [5.74, 6) is -0.272. The molecule has 174 valence electrons. The molecule has 1 saturated heterocycles. The third-order valence-electron chi connectivity index (χ3n) is 5.62. The Labute approximate surface area is 203 Å². The average Bonchev–Trinajstić information content (AvgIpc) is 3.42. The Morgan fingerprint density at radius 3 is 2.85 bits per heavy atom. The van der Waals surface area contributed by atoms with Crippen molar-refractivity contribution in [1.82, 2.24) is 24.6 Å². The Balaban J connectivity index is 0.00000133. The van der Waals surface area contributed by atoms with Crippen LogP contribution in [0.1, 0.15) is 36.3 Å². The number of oxazole rings is 1. The lowest BCUT2D eigenvalue weighted by Crippen LogP contribution is -2.39. The number of amides is 2. The summed E-state index contributed by atoms with van der Waals surface area (Å²) in [6.07, 6.45) is 11.3. The van der Waals surface area contributed by atoms with Crippen LogP contribution in [0, 0.1) is 12.8 Å². The molecule has 0 radical (unpaired) electrons. The van der Waals surface area contributed by atoms with Crippen molar-refractivity contribution in [3.63, 3.8) is 0 Å². The van der Waals surface area contributed by atoms with E-state index >= 15 is 0 Å². The number of benzene rings is 1. The number of nitrogens with two attached hydrogens (primary N) is 1. The van der Waals surface area contributed by atoms with Gasteiger partial charge in [0.1, 0.15) is 11.3 Å². The van der Waals surface area contributed by atoms with Crippen molar-refractivity contribution < 1.29 is 14.0 Å². The van der Waals surface area contributed by atoms with Gasteiger partial charge in [0, 0.05) is 30.7 Å². The minimum absolute atomic E-state index is 0.0212. The second-order valence-electron chi connectivity index (χ2n) is 7.73. The number of piperidine rings is 1. The highest BCUT2D eigenvalue weighted by molar-refractivity contribution is 9.10. The molecule has 0 aliphatic carbocycles. The van der Waals surface area contributed by atoms with Crippen molar-refractivity contribution in [2.75, 3.05) is 24.1 Å². The molecule has 4 aromatic rings. The zero-order valence-corrected chi connectivity index (χ0v) is 19.9. The van der Waals surface area contributed by atoms with Crippen LogP contribution in [0.4, 0.5) is 11.8 Å². The number of likely N-dealkylation sites (tertiary alicyclic amines) is 1. The van der Waals surface area contributed by atoms with E-state index in [1.807, 2.05) is 6.07 Å². The number of halogens is 1. The van der Waals surface area contributed by atoms with Gasteiger partial charge in [-0.2, -0.15) is 10.1 Å². The standard InChI is InChI=1S/C21H20BrN7O3.C2H2/c1-11(30)28-8-2-3-13(10-28)29-15-6-7-24-19(23)17(15)18(27-29)20(31)26-21-25-14-5-4-12(22)9-16(14)32-21;1-2/h4-7,9,13H,2-3,8,10H2,1H3,(H2,23,24)(H,25,26,31);1-2H. The van der Waals surface area contributed by atoms with E-state index in [9.17, 15) is 9.59 Å². The lowest BCUT2D eigenvalue weighted by molar-refractivity contribution is -0.130. The quantitative estimate of drug-likeness (QED) is 0.392. The van der Waals surface area contributed by atoms with E-state index in [2.05, 4.69) is 49.2 Å². The maximum atomic E-state index is 13.1.